The van der Waals surface area contributed by atoms with Crippen molar-refractivity contribution in [2.24, 2.45) is 0 Å². The molecule has 2 aromatic heterocycles. The lowest BCUT2D eigenvalue weighted by molar-refractivity contribution is 0.0502. The molecular formula is C21H25N3O3. The maximum atomic E-state index is 13.4. The second-order valence-electron chi connectivity index (χ2n) is 7.46. The molecule has 0 N–H and O–H groups in total. The summed E-state index contributed by atoms with van der Waals surface area (Å²) in [6.07, 6.45) is 7.51. The van der Waals surface area contributed by atoms with Crippen LogP contribution in [-0.4, -0.2) is 39.6 Å². The highest BCUT2D eigenvalue weighted by Gasteiger charge is 2.30. The minimum atomic E-state index is -0.228. The molecule has 0 aromatic carbocycles. The van der Waals surface area contributed by atoms with E-state index in [-0.39, 0.29) is 29.2 Å². The van der Waals surface area contributed by atoms with Gasteiger partial charge in [0.05, 0.1) is 18.3 Å². The van der Waals surface area contributed by atoms with Crippen LogP contribution in [-0.2, 0) is 11.3 Å². The van der Waals surface area contributed by atoms with Crippen LogP contribution in [0.15, 0.2) is 41.5 Å². The van der Waals surface area contributed by atoms with Crippen molar-refractivity contribution in [2.75, 3.05) is 13.2 Å². The van der Waals surface area contributed by atoms with E-state index < -0.39 is 0 Å². The van der Waals surface area contributed by atoms with Crippen LogP contribution in [0.4, 0.5) is 0 Å². The molecular weight excluding hydrogens is 342 g/mol. The second-order valence-corrected chi connectivity index (χ2v) is 7.46. The van der Waals surface area contributed by atoms with Gasteiger partial charge in [0, 0.05) is 31.6 Å². The molecule has 6 heteroatoms. The Labute approximate surface area is 158 Å². The Morgan fingerprint density at radius 3 is 2.81 bits per heavy atom. The Hall–Kier alpha value is -2.47. The van der Waals surface area contributed by atoms with Gasteiger partial charge in [0.2, 0.25) is 0 Å². The van der Waals surface area contributed by atoms with Crippen LogP contribution < -0.4 is 5.56 Å². The van der Waals surface area contributed by atoms with Crippen molar-refractivity contribution in [1.29, 1.82) is 0 Å². The highest BCUT2D eigenvalue weighted by atomic mass is 16.5. The van der Waals surface area contributed by atoms with Gasteiger partial charge >= 0.3 is 0 Å². The summed E-state index contributed by atoms with van der Waals surface area (Å²) < 4.78 is 7.46. The molecule has 1 saturated heterocycles. The van der Waals surface area contributed by atoms with Crippen molar-refractivity contribution in [2.45, 2.75) is 51.3 Å². The molecule has 0 radical (unpaired) electrons. The van der Waals surface area contributed by atoms with Gasteiger partial charge in [0.1, 0.15) is 5.56 Å². The number of carbonyl (C=O) groups excluding carboxylic acids is 1. The molecule has 2 fully saturated rings. The molecule has 1 amide bonds. The first-order chi connectivity index (χ1) is 13.1. The number of amides is 1. The van der Waals surface area contributed by atoms with Gasteiger partial charge in [0.25, 0.3) is 11.5 Å². The van der Waals surface area contributed by atoms with Crippen LogP contribution in [0.5, 0.6) is 0 Å². The van der Waals surface area contributed by atoms with Crippen LogP contribution in [0.1, 0.15) is 53.3 Å². The van der Waals surface area contributed by atoms with Crippen molar-refractivity contribution < 1.29 is 9.53 Å². The molecule has 1 saturated carbocycles. The third kappa shape index (κ3) is 3.95. The fourth-order valence-electron chi connectivity index (χ4n) is 3.64. The van der Waals surface area contributed by atoms with E-state index in [1.54, 1.807) is 15.7 Å². The summed E-state index contributed by atoms with van der Waals surface area (Å²) in [7, 11) is 0. The standard InChI is InChI=1S/C21H25N3O3/c1-15-9-11-24(17-7-8-17)21(26)19(15)20(25)23(14-18-6-4-12-27-18)13-16-5-2-3-10-22-16/h2-3,5,9-11,17-18H,4,6-8,12-14H2,1H3. The van der Waals surface area contributed by atoms with E-state index in [0.717, 1.165) is 43.5 Å². The molecule has 2 aliphatic rings. The normalized spacial score (nSPS) is 19.2. The van der Waals surface area contributed by atoms with Crippen molar-refractivity contribution in [1.82, 2.24) is 14.5 Å². The summed E-state index contributed by atoms with van der Waals surface area (Å²) in [5, 5.41) is 0. The number of aryl methyl sites for hydroxylation is 1. The zero-order chi connectivity index (χ0) is 18.8. The number of rotatable bonds is 6. The summed E-state index contributed by atoms with van der Waals surface area (Å²) in [6, 6.07) is 7.77. The quantitative estimate of drug-likeness (QED) is 0.787. The third-order valence-electron chi connectivity index (χ3n) is 5.30. The SMILES string of the molecule is Cc1ccn(C2CC2)c(=O)c1C(=O)N(Cc1ccccn1)CC1CCCO1. The van der Waals surface area contributed by atoms with Crippen LogP contribution in [0, 0.1) is 6.92 Å². The predicted molar refractivity (Wildman–Crippen MR) is 102 cm³/mol. The van der Waals surface area contributed by atoms with Crippen molar-refractivity contribution in [3.8, 4) is 0 Å². The average molecular weight is 367 g/mol. The molecule has 27 heavy (non-hydrogen) atoms. The summed E-state index contributed by atoms with van der Waals surface area (Å²) in [5.41, 5.74) is 1.62. The monoisotopic (exact) mass is 367 g/mol. The molecule has 142 valence electrons. The first-order valence-corrected chi connectivity index (χ1v) is 9.66. The van der Waals surface area contributed by atoms with E-state index in [2.05, 4.69) is 4.98 Å². The molecule has 3 heterocycles. The van der Waals surface area contributed by atoms with Crippen LogP contribution in [0.2, 0.25) is 0 Å². The first-order valence-electron chi connectivity index (χ1n) is 9.66. The summed E-state index contributed by atoms with van der Waals surface area (Å²) in [5.74, 6) is -0.228. The zero-order valence-corrected chi connectivity index (χ0v) is 15.6. The van der Waals surface area contributed by atoms with E-state index in [4.69, 9.17) is 4.74 Å². The van der Waals surface area contributed by atoms with Gasteiger partial charge < -0.3 is 14.2 Å². The number of nitrogens with zero attached hydrogens (tertiary/aromatic N) is 3. The van der Waals surface area contributed by atoms with Gasteiger partial charge in [0.15, 0.2) is 0 Å². The fraction of sp³-hybridized carbons (Fsp3) is 0.476. The van der Waals surface area contributed by atoms with Crippen LogP contribution in [0.25, 0.3) is 0 Å². The molecule has 1 unspecified atom stereocenters. The van der Waals surface area contributed by atoms with Crippen molar-refractivity contribution >= 4 is 5.91 Å². The maximum Gasteiger partial charge on any atom is 0.263 e. The van der Waals surface area contributed by atoms with E-state index in [0.29, 0.717) is 13.1 Å². The fourth-order valence-corrected chi connectivity index (χ4v) is 3.64. The molecule has 1 aliphatic heterocycles. The average Bonchev–Trinajstić information content (AvgIpc) is 3.38. The van der Waals surface area contributed by atoms with Gasteiger partial charge in [-0.25, -0.2) is 0 Å². The smallest absolute Gasteiger partial charge is 0.263 e. The van der Waals surface area contributed by atoms with Crippen LogP contribution in [0.3, 0.4) is 0 Å². The van der Waals surface area contributed by atoms with E-state index in [9.17, 15) is 9.59 Å². The molecule has 1 aliphatic carbocycles. The number of pyridine rings is 2. The lowest BCUT2D eigenvalue weighted by Gasteiger charge is -2.26. The summed E-state index contributed by atoms with van der Waals surface area (Å²) >= 11 is 0. The van der Waals surface area contributed by atoms with E-state index >= 15 is 0 Å². The van der Waals surface area contributed by atoms with Crippen LogP contribution >= 0.6 is 0 Å². The first kappa shape index (κ1) is 17.9. The van der Waals surface area contributed by atoms with Gasteiger partial charge in [-0.3, -0.25) is 14.6 Å². The Morgan fingerprint density at radius 2 is 2.15 bits per heavy atom. The molecule has 1 atom stereocenters. The largest absolute Gasteiger partial charge is 0.376 e. The van der Waals surface area contributed by atoms with E-state index in [1.807, 2.05) is 37.4 Å². The maximum absolute atomic E-state index is 13.4. The summed E-state index contributed by atoms with van der Waals surface area (Å²) in [4.78, 5) is 32.5. The Balaban J connectivity index is 1.65. The number of hydrogen-bond acceptors (Lipinski definition) is 4. The van der Waals surface area contributed by atoms with Gasteiger partial charge in [-0.1, -0.05) is 6.07 Å². The highest BCUT2D eigenvalue weighted by molar-refractivity contribution is 5.95. The molecule has 6 nitrogen and oxygen atoms in total. The second kappa shape index (κ2) is 7.64. The van der Waals surface area contributed by atoms with Gasteiger partial charge in [-0.15, -0.1) is 0 Å². The topological polar surface area (TPSA) is 64.4 Å². The lowest BCUT2D eigenvalue weighted by atomic mass is 10.1. The molecule has 4 rings (SSSR count). The zero-order valence-electron chi connectivity index (χ0n) is 15.6. The number of hydrogen-bond donors (Lipinski definition) is 0. The third-order valence-corrected chi connectivity index (χ3v) is 5.30. The van der Waals surface area contributed by atoms with Crippen molar-refractivity contribution in [3.63, 3.8) is 0 Å². The number of carbonyl (C=O) groups is 1. The Bertz CT molecular complexity index is 868. The number of aromatic nitrogens is 2. The molecule has 0 bridgehead atoms. The summed E-state index contributed by atoms with van der Waals surface area (Å²) in [6.45, 7) is 3.41. The van der Waals surface area contributed by atoms with Crippen molar-refractivity contribution in [3.05, 3.63) is 63.8 Å². The highest BCUT2D eigenvalue weighted by Crippen LogP contribution is 2.33. The lowest BCUT2D eigenvalue weighted by Crippen LogP contribution is -2.41. The Kier molecular flexibility index (Phi) is 5.07. The minimum Gasteiger partial charge on any atom is -0.376 e. The van der Waals surface area contributed by atoms with E-state index in [1.165, 1.54) is 0 Å². The minimum absolute atomic E-state index is 0.0207. The van der Waals surface area contributed by atoms with Gasteiger partial charge in [-0.05, 0) is 56.4 Å². The predicted octanol–water partition coefficient (Wildman–Crippen LogP) is 2.71. The molecule has 0 spiro atoms. The molecule has 2 aromatic rings. The van der Waals surface area contributed by atoms with Gasteiger partial charge in [-0.2, -0.15) is 0 Å². The number of ether oxygens (including phenoxy) is 1. The Morgan fingerprint density at radius 1 is 1.30 bits per heavy atom.